The smallest absolute Gasteiger partial charge is 0.348 e. The number of thiophene rings is 1. The van der Waals surface area contributed by atoms with Gasteiger partial charge < -0.3 is 14.0 Å². The maximum absolute atomic E-state index is 11.8. The molecule has 2 heterocycles. The number of hydrogen-bond donors (Lipinski definition) is 0. The van der Waals surface area contributed by atoms with E-state index in [1.807, 2.05) is 10.6 Å². The van der Waals surface area contributed by atoms with Crippen LogP contribution >= 0.6 is 22.9 Å². The Morgan fingerprint density at radius 3 is 2.78 bits per heavy atom. The molecule has 0 aliphatic heterocycles. The average Bonchev–Trinajstić information content (AvgIpc) is 3.00. The van der Waals surface area contributed by atoms with Crippen LogP contribution in [0, 0.1) is 0 Å². The molecule has 5 nitrogen and oxygen atoms in total. The lowest BCUT2D eigenvalue weighted by Crippen LogP contribution is -2.22. The van der Waals surface area contributed by atoms with Gasteiger partial charge in [-0.1, -0.05) is 19.6 Å². The average molecular weight is 375 g/mol. The van der Waals surface area contributed by atoms with Crippen molar-refractivity contribution in [1.82, 2.24) is 9.55 Å². The minimum absolute atomic E-state index is 0.311. The molecule has 0 spiro atoms. The summed E-state index contributed by atoms with van der Waals surface area (Å²) in [6.07, 6.45) is 0. The van der Waals surface area contributed by atoms with E-state index in [-0.39, 0.29) is 5.97 Å². The predicted octanol–water partition coefficient (Wildman–Crippen LogP) is 4.33. The van der Waals surface area contributed by atoms with E-state index in [4.69, 9.17) is 21.1 Å². The Hall–Kier alpha value is -0.893. The summed E-state index contributed by atoms with van der Waals surface area (Å²) in [6.45, 7) is 10.2. The molecule has 23 heavy (non-hydrogen) atoms. The van der Waals surface area contributed by atoms with Crippen LogP contribution in [0.1, 0.15) is 22.4 Å². The predicted molar refractivity (Wildman–Crippen MR) is 97.2 cm³/mol. The van der Waals surface area contributed by atoms with Gasteiger partial charge in [0.2, 0.25) is 0 Å². The van der Waals surface area contributed by atoms with Gasteiger partial charge in [0.05, 0.1) is 18.0 Å². The molecule has 0 saturated carbocycles. The molecule has 0 aliphatic carbocycles. The molecule has 0 unspecified atom stereocenters. The number of rotatable bonds is 8. The third kappa shape index (κ3) is 4.79. The highest BCUT2D eigenvalue weighted by molar-refractivity contribution is 7.20. The number of halogens is 1. The summed E-state index contributed by atoms with van der Waals surface area (Å²) in [6, 6.07) is 2.92. The molecular weight excluding hydrogens is 352 g/mol. The maximum atomic E-state index is 11.8. The molecule has 0 amide bonds. The molecule has 0 N–H and O–H groups in total. The van der Waals surface area contributed by atoms with Gasteiger partial charge >= 0.3 is 5.97 Å². The first-order chi connectivity index (χ1) is 10.9. The molecule has 0 saturated heterocycles. The second kappa shape index (κ2) is 7.79. The van der Waals surface area contributed by atoms with Crippen molar-refractivity contribution in [2.45, 2.75) is 45.2 Å². The van der Waals surface area contributed by atoms with E-state index in [1.165, 1.54) is 11.3 Å². The highest BCUT2D eigenvalue weighted by atomic mass is 35.5. The second-order valence-corrected chi connectivity index (χ2v) is 13.4. The van der Waals surface area contributed by atoms with Crippen LogP contribution in [0.4, 0.5) is 0 Å². The van der Waals surface area contributed by atoms with Crippen LogP contribution in [-0.2, 0) is 22.1 Å². The van der Waals surface area contributed by atoms with Crippen molar-refractivity contribution >= 4 is 47.3 Å². The minimum atomic E-state index is -1.11. The Bertz CT molecular complexity index is 678. The van der Waals surface area contributed by atoms with E-state index >= 15 is 0 Å². The molecular formula is C15H23ClN2O3SSi. The fraction of sp³-hybridized carbons (Fsp3) is 0.600. The summed E-state index contributed by atoms with van der Waals surface area (Å²) >= 11 is 7.30. The Kier molecular flexibility index (Phi) is 6.24. The van der Waals surface area contributed by atoms with Crippen LogP contribution in [0.15, 0.2) is 6.07 Å². The van der Waals surface area contributed by atoms with Crippen LogP contribution in [0.3, 0.4) is 0 Å². The molecule has 2 rings (SSSR count). The Balaban J connectivity index is 2.14. The summed E-state index contributed by atoms with van der Waals surface area (Å²) in [4.78, 5) is 17.7. The van der Waals surface area contributed by atoms with Crippen molar-refractivity contribution in [3.05, 3.63) is 16.8 Å². The summed E-state index contributed by atoms with van der Waals surface area (Å²) in [7, 11) is -1.11. The quantitative estimate of drug-likeness (QED) is 0.299. The van der Waals surface area contributed by atoms with Gasteiger partial charge in [-0.25, -0.2) is 9.78 Å². The molecule has 0 radical (unpaired) electrons. The van der Waals surface area contributed by atoms with Gasteiger partial charge in [0.15, 0.2) is 0 Å². The number of fused-ring (bicyclic) bond motifs is 1. The van der Waals surface area contributed by atoms with Gasteiger partial charge in [-0.05, 0) is 19.0 Å². The van der Waals surface area contributed by atoms with Gasteiger partial charge in [0, 0.05) is 14.7 Å². The van der Waals surface area contributed by atoms with Gasteiger partial charge in [-0.2, -0.15) is 0 Å². The van der Waals surface area contributed by atoms with E-state index in [1.54, 1.807) is 6.92 Å². The largest absolute Gasteiger partial charge is 0.462 e. The zero-order valence-corrected chi connectivity index (χ0v) is 16.6. The number of ether oxygens (including phenoxy) is 2. The molecule has 2 aromatic rings. The molecule has 0 aromatic carbocycles. The molecule has 8 heteroatoms. The second-order valence-electron chi connectivity index (χ2n) is 6.46. The zero-order valence-electron chi connectivity index (χ0n) is 14.0. The van der Waals surface area contributed by atoms with Gasteiger partial charge in [0.1, 0.15) is 22.3 Å². The van der Waals surface area contributed by atoms with E-state index in [2.05, 4.69) is 24.6 Å². The van der Waals surface area contributed by atoms with E-state index in [0.29, 0.717) is 24.1 Å². The van der Waals surface area contributed by atoms with Crippen molar-refractivity contribution in [2.24, 2.45) is 0 Å². The molecule has 128 valence electrons. The van der Waals surface area contributed by atoms with Crippen LogP contribution < -0.4 is 0 Å². The molecule has 2 aromatic heterocycles. The summed E-state index contributed by atoms with van der Waals surface area (Å²) < 4.78 is 12.8. The molecule has 0 aliphatic rings. The standard InChI is InChI=1S/C15H23ClN2O3SSi/c1-5-21-15(19)12-8-11-14(22-12)17-13(9-16)18(11)10-20-6-7-23(2,3)4/h8H,5-7,9-10H2,1-4H3. The number of alkyl halides is 1. The first-order valence-electron chi connectivity index (χ1n) is 7.65. The molecule has 0 atom stereocenters. The van der Waals surface area contributed by atoms with Crippen molar-refractivity contribution < 1.29 is 14.3 Å². The summed E-state index contributed by atoms with van der Waals surface area (Å²) in [5.41, 5.74) is 0.877. The molecule has 0 bridgehead atoms. The van der Waals surface area contributed by atoms with Crippen LogP contribution in [0.25, 0.3) is 10.3 Å². The number of hydrogen-bond acceptors (Lipinski definition) is 5. The topological polar surface area (TPSA) is 53.3 Å². The highest BCUT2D eigenvalue weighted by Crippen LogP contribution is 2.27. The van der Waals surface area contributed by atoms with Crippen molar-refractivity contribution in [1.29, 1.82) is 0 Å². The fourth-order valence-electron chi connectivity index (χ4n) is 2.04. The third-order valence-corrected chi connectivity index (χ3v) is 6.28. The first-order valence-corrected chi connectivity index (χ1v) is 12.7. The third-order valence-electron chi connectivity index (χ3n) is 3.34. The highest BCUT2D eigenvalue weighted by Gasteiger charge is 2.18. The Morgan fingerprint density at radius 2 is 2.17 bits per heavy atom. The minimum Gasteiger partial charge on any atom is -0.462 e. The number of carbonyl (C=O) groups excluding carboxylic acids is 1. The number of esters is 1. The number of carbonyl (C=O) groups is 1. The number of imidazole rings is 1. The molecule has 0 fully saturated rings. The van der Waals surface area contributed by atoms with E-state index in [0.717, 1.165) is 28.8 Å². The number of aromatic nitrogens is 2. The van der Waals surface area contributed by atoms with Crippen LogP contribution in [0.2, 0.25) is 25.7 Å². The van der Waals surface area contributed by atoms with Crippen molar-refractivity contribution in [2.75, 3.05) is 13.2 Å². The van der Waals surface area contributed by atoms with Crippen molar-refractivity contribution in [3.63, 3.8) is 0 Å². The van der Waals surface area contributed by atoms with Gasteiger partial charge in [-0.15, -0.1) is 22.9 Å². The van der Waals surface area contributed by atoms with E-state index < -0.39 is 8.07 Å². The van der Waals surface area contributed by atoms with Gasteiger partial charge in [-0.3, -0.25) is 0 Å². The fourth-order valence-corrected chi connectivity index (χ4v) is 3.95. The lowest BCUT2D eigenvalue weighted by molar-refractivity contribution is 0.0532. The summed E-state index contributed by atoms with van der Waals surface area (Å²) in [5.74, 6) is 0.763. The first kappa shape index (κ1) is 18.4. The van der Waals surface area contributed by atoms with Gasteiger partial charge in [0.25, 0.3) is 0 Å². The normalized spacial score (nSPS) is 12.0. The van der Waals surface area contributed by atoms with Crippen LogP contribution in [-0.4, -0.2) is 36.8 Å². The lowest BCUT2D eigenvalue weighted by atomic mass is 10.4. The van der Waals surface area contributed by atoms with Crippen LogP contribution in [0.5, 0.6) is 0 Å². The Labute approximate surface area is 146 Å². The van der Waals surface area contributed by atoms with E-state index in [9.17, 15) is 4.79 Å². The zero-order chi connectivity index (χ0) is 17.0. The summed E-state index contributed by atoms with van der Waals surface area (Å²) in [5, 5.41) is 0. The van der Waals surface area contributed by atoms with Crippen molar-refractivity contribution in [3.8, 4) is 0 Å². The number of nitrogens with zero attached hydrogens (tertiary/aromatic N) is 2. The SMILES string of the molecule is CCOC(=O)c1cc2c(nc(CCl)n2COCC[Si](C)(C)C)s1. The lowest BCUT2D eigenvalue weighted by Gasteiger charge is -2.16. The Morgan fingerprint density at radius 1 is 1.43 bits per heavy atom. The maximum Gasteiger partial charge on any atom is 0.348 e. The monoisotopic (exact) mass is 374 g/mol.